The van der Waals surface area contributed by atoms with Gasteiger partial charge in [0.25, 0.3) is 0 Å². The number of aryl methyl sites for hydroxylation is 4. The molecule has 0 atom stereocenters. The quantitative estimate of drug-likeness (QED) is 0.122. The van der Waals surface area contributed by atoms with Crippen LogP contribution in [-0.2, 0) is 0 Å². The zero-order valence-electron chi connectivity index (χ0n) is 44.7. The fourth-order valence-corrected chi connectivity index (χ4v) is 11.4. The number of anilines is 6. The summed E-state index contributed by atoms with van der Waals surface area (Å²) in [7, 11) is 0. The van der Waals surface area contributed by atoms with Crippen LogP contribution in [-0.4, -0.2) is 14.5 Å². The van der Waals surface area contributed by atoms with Crippen LogP contribution >= 0.6 is 0 Å². The highest BCUT2D eigenvalue weighted by Crippen LogP contribution is 2.44. The van der Waals surface area contributed by atoms with Crippen LogP contribution in [0.15, 0.2) is 273 Å². The molecule has 5 nitrogen and oxygen atoms in total. The lowest BCUT2D eigenvalue weighted by Gasteiger charge is -2.26. The van der Waals surface area contributed by atoms with E-state index in [2.05, 4.69) is 315 Å². The van der Waals surface area contributed by atoms with Crippen molar-refractivity contribution in [3.63, 3.8) is 0 Å². The van der Waals surface area contributed by atoms with Gasteiger partial charge in [0, 0.05) is 67.3 Å². The van der Waals surface area contributed by atoms with E-state index in [-0.39, 0.29) is 0 Å². The maximum atomic E-state index is 5.14. The molecule has 2 heterocycles. The Morgan fingerprint density at radius 2 is 0.709 bits per heavy atom. The molecular formula is C74H57N5. The minimum atomic E-state index is 0.721. The second-order valence-corrected chi connectivity index (χ2v) is 20.6. The number of para-hydroxylation sites is 4. The van der Waals surface area contributed by atoms with Gasteiger partial charge >= 0.3 is 0 Å². The van der Waals surface area contributed by atoms with Crippen molar-refractivity contribution >= 4 is 55.9 Å². The molecule has 0 amide bonds. The van der Waals surface area contributed by atoms with Gasteiger partial charge in [-0.15, -0.1) is 0 Å². The van der Waals surface area contributed by atoms with Gasteiger partial charge in [0.15, 0.2) is 5.82 Å². The van der Waals surface area contributed by atoms with Crippen LogP contribution in [0.25, 0.3) is 83.6 Å². The summed E-state index contributed by atoms with van der Waals surface area (Å²) >= 11 is 0. The molecule has 0 saturated carbocycles. The lowest BCUT2D eigenvalue weighted by Crippen LogP contribution is -2.09. The number of rotatable bonds is 12. The highest BCUT2D eigenvalue weighted by atomic mass is 15.1. The maximum Gasteiger partial charge on any atom is 0.160 e. The van der Waals surface area contributed by atoms with Crippen LogP contribution in [0, 0.1) is 27.7 Å². The van der Waals surface area contributed by atoms with Gasteiger partial charge in [-0.25, -0.2) is 9.97 Å². The summed E-state index contributed by atoms with van der Waals surface area (Å²) in [4.78, 5) is 14.9. The number of hydrogen-bond donors (Lipinski definition) is 0. The summed E-state index contributed by atoms with van der Waals surface area (Å²) in [6.07, 6.45) is 0. The summed E-state index contributed by atoms with van der Waals surface area (Å²) in [5, 5.41) is 2.34. The Balaban J connectivity index is 0.864. The van der Waals surface area contributed by atoms with Crippen LogP contribution in [0.5, 0.6) is 0 Å². The van der Waals surface area contributed by atoms with E-state index >= 15 is 0 Å². The lowest BCUT2D eigenvalue weighted by molar-refractivity contribution is 1.18. The van der Waals surface area contributed by atoms with Crippen LogP contribution < -0.4 is 9.80 Å². The molecule has 378 valence electrons. The molecule has 11 aromatic carbocycles. The SMILES string of the molecule is Cc1cccc(-c2cc(-c3ccc(-c4cc(C)c(-c5ccc(-n6c7ccc(N(c8ccccc8)c8ccccc8)cc7c7cc(N(c8ccccc8)c8ccccc8)ccc76)cc5)c(C)c4)cc3)nc(-c3cccc(C)c3)n2)c1. The fourth-order valence-electron chi connectivity index (χ4n) is 11.4. The maximum absolute atomic E-state index is 5.14. The number of benzene rings is 11. The minimum Gasteiger partial charge on any atom is -0.310 e. The normalized spacial score (nSPS) is 11.3. The first-order valence-electron chi connectivity index (χ1n) is 27.0. The van der Waals surface area contributed by atoms with Gasteiger partial charge in [-0.3, -0.25) is 0 Å². The van der Waals surface area contributed by atoms with Gasteiger partial charge in [-0.1, -0.05) is 169 Å². The first-order valence-corrected chi connectivity index (χ1v) is 27.0. The Hall–Kier alpha value is -10.1. The monoisotopic (exact) mass is 1020 g/mol. The third-order valence-corrected chi connectivity index (χ3v) is 15.1. The van der Waals surface area contributed by atoms with Crippen molar-refractivity contribution in [2.75, 3.05) is 9.80 Å². The van der Waals surface area contributed by atoms with Crippen LogP contribution in [0.1, 0.15) is 22.3 Å². The van der Waals surface area contributed by atoms with Crippen molar-refractivity contribution in [1.82, 2.24) is 14.5 Å². The summed E-state index contributed by atoms with van der Waals surface area (Å²) in [5.74, 6) is 0.721. The fraction of sp³-hybridized carbons (Fsp3) is 0.0541. The molecule has 0 fully saturated rings. The summed E-state index contributed by atoms with van der Waals surface area (Å²) in [6, 6.07) is 98.1. The van der Waals surface area contributed by atoms with Crippen molar-refractivity contribution < 1.29 is 0 Å². The van der Waals surface area contributed by atoms with Gasteiger partial charge in [-0.2, -0.15) is 0 Å². The minimum absolute atomic E-state index is 0.721. The zero-order chi connectivity index (χ0) is 53.4. The summed E-state index contributed by atoms with van der Waals surface area (Å²) in [6.45, 7) is 8.70. The lowest BCUT2D eigenvalue weighted by atomic mass is 9.91. The number of aromatic nitrogens is 3. The van der Waals surface area contributed by atoms with Crippen molar-refractivity contribution in [3.05, 3.63) is 295 Å². The molecule has 0 bridgehead atoms. The molecule has 0 aliphatic heterocycles. The average Bonchev–Trinajstić information content (AvgIpc) is 3.90. The molecule has 0 radical (unpaired) electrons. The summed E-state index contributed by atoms with van der Waals surface area (Å²) in [5.41, 5.74) is 24.5. The molecule has 13 rings (SSSR count). The topological polar surface area (TPSA) is 37.2 Å². The molecule has 13 aromatic rings. The molecule has 2 aromatic heterocycles. The Morgan fingerprint density at radius 3 is 1.18 bits per heavy atom. The summed E-state index contributed by atoms with van der Waals surface area (Å²) < 4.78 is 2.42. The van der Waals surface area contributed by atoms with Gasteiger partial charge in [0.2, 0.25) is 0 Å². The standard InChI is InChI=1S/C74H57N5/c1-50-19-17-21-57(43-50)70-49-69(75-74(76-70)58-22-18-20-51(2)44-58)55-33-31-54(32-34-55)59-45-52(3)73(53(4)46-59)56-35-37-64(38-36-56)79-71-41-39-65(77(60-23-9-5-10-24-60)61-25-11-6-12-26-61)47-67(71)68-48-66(40-42-72(68)79)78(62-27-13-7-14-28-62)63-29-15-8-16-30-63/h5-49H,1-4H3. The van der Waals surface area contributed by atoms with Gasteiger partial charge in [0.1, 0.15) is 0 Å². The highest BCUT2D eigenvalue weighted by Gasteiger charge is 2.21. The van der Waals surface area contributed by atoms with Crippen molar-refractivity contribution in [2.45, 2.75) is 27.7 Å². The first-order chi connectivity index (χ1) is 38.8. The Bertz CT molecular complexity index is 4020. The Kier molecular flexibility index (Phi) is 12.8. The second kappa shape index (κ2) is 20.8. The smallest absolute Gasteiger partial charge is 0.160 e. The molecule has 0 unspecified atom stereocenters. The van der Waals surface area contributed by atoms with Crippen LogP contribution in [0.4, 0.5) is 34.1 Å². The van der Waals surface area contributed by atoms with E-state index in [1.54, 1.807) is 0 Å². The van der Waals surface area contributed by atoms with Crippen LogP contribution in [0.2, 0.25) is 0 Å². The van der Waals surface area contributed by atoms with Crippen molar-refractivity contribution in [3.8, 4) is 61.8 Å². The number of fused-ring (bicyclic) bond motifs is 3. The van der Waals surface area contributed by atoms with Gasteiger partial charge < -0.3 is 14.4 Å². The van der Waals surface area contributed by atoms with E-state index in [4.69, 9.17) is 9.97 Å². The molecule has 5 heteroatoms. The molecule has 0 N–H and O–H groups in total. The average molecular weight is 1020 g/mol. The molecular weight excluding hydrogens is 959 g/mol. The third-order valence-electron chi connectivity index (χ3n) is 15.1. The number of nitrogens with zero attached hydrogens (tertiary/aromatic N) is 5. The van der Waals surface area contributed by atoms with Crippen molar-refractivity contribution in [1.29, 1.82) is 0 Å². The molecule has 0 aliphatic carbocycles. The van der Waals surface area contributed by atoms with Gasteiger partial charge in [-0.05, 0) is 176 Å². The largest absolute Gasteiger partial charge is 0.310 e. The van der Waals surface area contributed by atoms with Gasteiger partial charge in [0.05, 0.1) is 22.4 Å². The van der Waals surface area contributed by atoms with E-state index in [0.717, 1.165) is 90.3 Å². The molecule has 0 saturated heterocycles. The molecule has 0 aliphatic rings. The van der Waals surface area contributed by atoms with E-state index in [0.29, 0.717) is 0 Å². The van der Waals surface area contributed by atoms with E-state index in [9.17, 15) is 0 Å². The van der Waals surface area contributed by atoms with E-state index in [1.165, 1.54) is 49.7 Å². The molecule has 0 spiro atoms. The second-order valence-electron chi connectivity index (χ2n) is 20.6. The molecule has 79 heavy (non-hydrogen) atoms. The predicted molar refractivity (Wildman–Crippen MR) is 332 cm³/mol. The Morgan fingerprint density at radius 1 is 0.291 bits per heavy atom. The number of hydrogen-bond acceptors (Lipinski definition) is 4. The highest BCUT2D eigenvalue weighted by molar-refractivity contribution is 6.12. The van der Waals surface area contributed by atoms with E-state index in [1.807, 2.05) is 0 Å². The van der Waals surface area contributed by atoms with E-state index < -0.39 is 0 Å². The predicted octanol–water partition coefficient (Wildman–Crippen LogP) is 20.1. The van der Waals surface area contributed by atoms with Crippen molar-refractivity contribution in [2.24, 2.45) is 0 Å². The third kappa shape index (κ3) is 9.53. The van der Waals surface area contributed by atoms with Crippen LogP contribution in [0.3, 0.4) is 0 Å². The zero-order valence-corrected chi connectivity index (χ0v) is 44.7. The Labute approximate surface area is 462 Å². The first kappa shape index (κ1) is 48.5.